The van der Waals surface area contributed by atoms with Crippen LogP contribution in [-0.4, -0.2) is 35.1 Å². The number of carbonyl (C=O) groups is 2. The van der Waals surface area contributed by atoms with Gasteiger partial charge in [0, 0.05) is 6.54 Å². The number of hydrogen-bond acceptors (Lipinski definition) is 4. The fraction of sp³-hybridized carbons (Fsp3) is 0.818. The summed E-state index contributed by atoms with van der Waals surface area (Å²) in [5.41, 5.74) is 9.41. The molecule has 0 radical (unpaired) electrons. The highest BCUT2D eigenvalue weighted by Gasteiger charge is 2.24. The molecule has 6 heteroatoms. The Morgan fingerprint density at radius 2 is 1.94 bits per heavy atom. The average molecular weight is 245 g/mol. The van der Waals surface area contributed by atoms with Gasteiger partial charge in [-0.05, 0) is 19.3 Å². The number of carbonyl (C=O) groups excluding carboxylic acids is 2. The monoisotopic (exact) mass is 245 g/mol. The van der Waals surface area contributed by atoms with Crippen LogP contribution in [0.15, 0.2) is 0 Å². The Morgan fingerprint density at radius 3 is 2.35 bits per heavy atom. The molecular weight excluding hydrogens is 222 g/mol. The molecule has 0 aromatic heterocycles. The van der Waals surface area contributed by atoms with Crippen LogP contribution in [0.3, 0.4) is 0 Å². The van der Waals surface area contributed by atoms with Gasteiger partial charge in [0.2, 0.25) is 11.8 Å². The van der Waals surface area contributed by atoms with Gasteiger partial charge in [0.15, 0.2) is 0 Å². The lowest BCUT2D eigenvalue weighted by Gasteiger charge is -2.26. The third kappa shape index (κ3) is 7.70. The van der Waals surface area contributed by atoms with Crippen LogP contribution in [-0.2, 0) is 9.59 Å². The highest BCUT2D eigenvalue weighted by Crippen LogP contribution is 2.14. The van der Waals surface area contributed by atoms with Crippen molar-refractivity contribution in [1.82, 2.24) is 5.32 Å². The van der Waals surface area contributed by atoms with Gasteiger partial charge in [0.25, 0.3) is 0 Å². The molecule has 0 aliphatic heterocycles. The second-order valence-corrected chi connectivity index (χ2v) is 5.09. The zero-order chi connectivity index (χ0) is 13.6. The van der Waals surface area contributed by atoms with E-state index in [-0.39, 0.29) is 13.0 Å². The quantitative estimate of drug-likeness (QED) is 0.465. The molecule has 0 heterocycles. The lowest BCUT2D eigenvalue weighted by molar-refractivity contribution is -0.127. The summed E-state index contributed by atoms with van der Waals surface area (Å²) in [6.07, 6.45) is 0.372. The van der Waals surface area contributed by atoms with Crippen LogP contribution in [0.25, 0.3) is 0 Å². The standard InChI is InChI=1S/C11H23N3O3/c1-7(2)5-11(3,17)6-14-10(16)8(12)4-9(13)15/h7-8,17H,4-6,12H2,1-3H3,(H2,13,15)(H,14,16). The predicted octanol–water partition coefficient (Wildman–Crippen LogP) is -0.898. The molecule has 6 nitrogen and oxygen atoms in total. The Kier molecular flexibility index (Phi) is 6.12. The van der Waals surface area contributed by atoms with Crippen LogP contribution in [0.5, 0.6) is 0 Å². The van der Waals surface area contributed by atoms with Crippen LogP contribution < -0.4 is 16.8 Å². The number of amides is 2. The lowest BCUT2D eigenvalue weighted by atomic mass is 9.94. The first kappa shape index (κ1) is 15.9. The number of aliphatic hydroxyl groups is 1. The maximum Gasteiger partial charge on any atom is 0.237 e. The summed E-state index contributed by atoms with van der Waals surface area (Å²) in [7, 11) is 0. The zero-order valence-corrected chi connectivity index (χ0v) is 10.7. The largest absolute Gasteiger partial charge is 0.388 e. The Balaban J connectivity index is 4.10. The minimum Gasteiger partial charge on any atom is -0.388 e. The highest BCUT2D eigenvalue weighted by atomic mass is 16.3. The summed E-state index contributed by atoms with van der Waals surface area (Å²) < 4.78 is 0. The van der Waals surface area contributed by atoms with Crippen molar-refractivity contribution in [2.45, 2.75) is 45.3 Å². The van der Waals surface area contributed by atoms with Crippen molar-refractivity contribution in [1.29, 1.82) is 0 Å². The molecule has 17 heavy (non-hydrogen) atoms. The van der Waals surface area contributed by atoms with E-state index in [1.165, 1.54) is 0 Å². The van der Waals surface area contributed by atoms with Gasteiger partial charge in [-0.2, -0.15) is 0 Å². The van der Waals surface area contributed by atoms with Gasteiger partial charge >= 0.3 is 0 Å². The number of primary amides is 1. The summed E-state index contributed by atoms with van der Waals surface area (Å²) in [4.78, 5) is 22.0. The average Bonchev–Trinajstić information content (AvgIpc) is 2.11. The van der Waals surface area contributed by atoms with Gasteiger partial charge in [-0.15, -0.1) is 0 Å². The van der Waals surface area contributed by atoms with Crippen LogP contribution in [0.4, 0.5) is 0 Å². The Morgan fingerprint density at radius 1 is 1.41 bits per heavy atom. The fourth-order valence-corrected chi connectivity index (χ4v) is 1.67. The van der Waals surface area contributed by atoms with Crippen molar-refractivity contribution < 1.29 is 14.7 Å². The number of nitrogens with two attached hydrogens (primary N) is 2. The van der Waals surface area contributed by atoms with Crippen LogP contribution >= 0.6 is 0 Å². The first-order valence-electron chi connectivity index (χ1n) is 5.68. The smallest absolute Gasteiger partial charge is 0.237 e. The SMILES string of the molecule is CC(C)CC(C)(O)CNC(=O)C(N)CC(N)=O. The summed E-state index contributed by atoms with van der Waals surface area (Å²) in [6, 6.07) is -0.956. The van der Waals surface area contributed by atoms with Gasteiger partial charge in [0.05, 0.1) is 18.1 Å². The van der Waals surface area contributed by atoms with Gasteiger partial charge in [-0.25, -0.2) is 0 Å². The molecule has 0 aromatic rings. The molecule has 100 valence electrons. The van der Waals surface area contributed by atoms with Gasteiger partial charge < -0.3 is 21.9 Å². The van der Waals surface area contributed by atoms with E-state index in [1.54, 1.807) is 6.92 Å². The van der Waals surface area contributed by atoms with Crippen molar-refractivity contribution in [2.24, 2.45) is 17.4 Å². The molecule has 0 spiro atoms. The topological polar surface area (TPSA) is 118 Å². The second-order valence-electron chi connectivity index (χ2n) is 5.09. The normalized spacial score (nSPS) is 16.4. The first-order chi connectivity index (χ1) is 7.64. The van der Waals surface area contributed by atoms with Crippen molar-refractivity contribution in [3.8, 4) is 0 Å². The zero-order valence-electron chi connectivity index (χ0n) is 10.7. The van der Waals surface area contributed by atoms with Gasteiger partial charge in [-0.1, -0.05) is 13.8 Å². The van der Waals surface area contributed by atoms with Crippen molar-refractivity contribution in [2.75, 3.05) is 6.54 Å². The molecule has 0 aromatic carbocycles. The predicted molar refractivity (Wildman–Crippen MR) is 64.9 cm³/mol. The van der Waals surface area contributed by atoms with E-state index in [2.05, 4.69) is 5.32 Å². The van der Waals surface area contributed by atoms with E-state index in [0.717, 1.165) is 0 Å². The van der Waals surface area contributed by atoms with Gasteiger partial charge in [-0.3, -0.25) is 9.59 Å². The molecule has 0 saturated carbocycles. The van der Waals surface area contributed by atoms with Crippen molar-refractivity contribution in [3.05, 3.63) is 0 Å². The van der Waals surface area contributed by atoms with E-state index >= 15 is 0 Å². The Hall–Kier alpha value is -1.14. The molecule has 0 fully saturated rings. The van der Waals surface area contributed by atoms with E-state index in [9.17, 15) is 14.7 Å². The molecular formula is C11H23N3O3. The molecule has 0 rings (SSSR count). The maximum atomic E-state index is 11.5. The molecule has 2 unspecified atom stereocenters. The number of rotatable bonds is 7. The lowest BCUT2D eigenvalue weighted by Crippen LogP contribution is -2.48. The molecule has 6 N–H and O–H groups in total. The summed E-state index contributed by atoms with van der Waals surface area (Å²) in [6.45, 7) is 5.72. The van der Waals surface area contributed by atoms with Crippen molar-refractivity contribution in [3.63, 3.8) is 0 Å². The minimum absolute atomic E-state index is 0.108. The minimum atomic E-state index is -0.976. The third-order valence-corrected chi connectivity index (χ3v) is 2.25. The molecule has 0 aliphatic carbocycles. The summed E-state index contributed by atoms with van der Waals surface area (Å²) in [5.74, 6) is -0.782. The second kappa shape index (κ2) is 6.56. The third-order valence-electron chi connectivity index (χ3n) is 2.25. The van der Waals surface area contributed by atoms with Crippen molar-refractivity contribution >= 4 is 11.8 Å². The maximum absolute atomic E-state index is 11.5. The highest BCUT2D eigenvalue weighted by molar-refractivity contribution is 5.87. The van der Waals surface area contributed by atoms with Crippen LogP contribution in [0.1, 0.15) is 33.6 Å². The summed E-state index contributed by atoms with van der Waals surface area (Å²) >= 11 is 0. The number of nitrogens with one attached hydrogen (secondary N) is 1. The molecule has 0 saturated heterocycles. The summed E-state index contributed by atoms with van der Waals surface area (Å²) in [5, 5.41) is 12.5. The fourth-order valence-electron chi connectivity index (χ4n) is 1.67. The molecule has 0 aliphatic rings. The van der Waals surface area contributed by atoms with Crippen LogP contribution in [0, 0.1) is 5.92 Å². The molecule has 0 bridgehead atoms. The van der Waals surface area contributed by atoms with Gasteiger partial charge in [0.1, 0.15) is 0 Å². The Labute approximate surface area is 102 Å². The first-order valence-corrected chi connectivity index (χ1v) is 5.68. The van der Waals surface area contributed by atoms with E-state index < -0.39 is 23.5 Å². The Bertz CT molecular complexity index is 277. The van der Waals surface area contributed by atoms with E-state index in [4.69, 9.17) is 11.5 Å². The molecule has 2 amide bonds. The van der Waals surface area contributed by atoms with E-state index in [0.29, 0.717) is 12.3 Å². The molecule has 2 atom stereocenters. The van der Waals surface area contributed by atoms with E-state index in [1.807, 2.05) is 13.8 Å². The van der Waals surface area contributed by atoms with Crippen LogP contribution in [0.2, 0.25) is 0 Å². The number of hydrogen-bond donors (Lipinski definition) is 4.